The predicted octanol–water partition coefficient (Wildman–Crippen LogP) is 4.87. The first-order valence-electron chi connectivity index (χ1n) is 12.6. The summed E-state index contributed by atoms with van der Waals surface area (Å²) in [6.45, 7) is 1.56. The van der Waals surface area contributed by atoms with Crippen LogP contribution in [0.15, 0.2) is 107 Å². The zero-order valence-corrected chi connectivity index (χ0v) is 24.3. The molecule has 0 radical (unpaired) electrons. The smallest absolute Gasteiger partial charge is 0.264 e. The summed E-state index contributed by atoms with van der Waals surface area (Å²) in [6, 6.07) is 22.1. The van der Waals surface area contributed by atoms with E-state index in [1.54, 1.807) is 31.2 Å². The van der Waals surface area contributed by atoms with Crippen LogP contribution in [0, 0.1) is 5.82 Å². The van der Waals surface area contributed by atoms with Crippen molar-refractivity contribution in [1.29, 1.82) is 0 Å². The van der Waals surface area contributed by atoms with Crippen molar-refractivity contribution in [1.82, 2.24) is 0 Å². The van der Waals surface area contributed by atoms with Gasteiger partial charge in [0, 0.05) is 11.4 Å². The van der Waals surface area contributed by atoms with Crippen LogP contribution in [-0.2, 0) is 24.8 Å². The van der Waals surface area contributed by atoms with Crippen molar-refractivity contribution in [2.45, 2.75) is 16.7 Å². The Morgan fingerprint density at radius 3 is 1.88 bits per heavy atom. The highest BCUT2D eigenvalue weighted by atomic mass is 32.2. The maximum absolute atomic E-state index is 13.6. The maximum atomic E-state index is 13.6. The van der Waals surface area contributed by atoms with Crippen LogP contribution in [0.1, 0.15) is 6.92 Å². The van der Waals surface area contributed by atoms with Crippen LogP contribution < -0.4 is 23.8 Å². The van der Waals surface area contributed by atoms with Crippen LogP contribution >= 0.6 is 0 Å². The van der Waals surface area contributed by atoms with Crippen molar-refractivity contribution in [3.05, 3.63) is 103 Å². The molecule has 0 heterocycles. The molecule has 42 heavy (non-hydrogen) atoms. The van der Waals surface area contributed by atoms with Gasteiger partial charge in [0.1, 0.15) is 23.9 Å². The van der Waals surface area contributed by atoms with E-state index in [2.05, 4.69) is 10.0 Å². The van der Waals surface area contributed by atoms with Gasteiger partial charge < -0.3 is 14.8 Å². The van der Waals surface area contributed by atoms with Crippen molar-refractivity contribution < 1.29 is 35.5 Å². The molecule has 0 unspecified atom stereocenters. The van der Waals surface area contributed by atoms with Gasteiger partial charge in [0.25, 0.3) is 20.0 Å². The fraction of sp³-hybridized carbons (Fsp3) is 0.138. The zero-order chi connectivity index (χ0) is 30.3. The minimum absolute atomic E-state index is 0.0534. The molecule has 0 aliphatic rings. The van der Waals surface area contributed by atoms with Crippen molar-refractivity contribution >= 4 is 43.0 Å². The first-order chi connectivity index (χ1) is 20.0. The molecule has 0 aliphatic carbocycles. The Balaban J connectivity index is 1.51. The monoisotopic (exact) mass is 613 g/mol. The van der Waals surface area contributed by atoms with Gasteiger partial charge >= 0.3 is 0 Å². The lowest BCUT2D eigenvalue weighted by atomic mass is 10.3. The quantitative estimate of drug-likeness (QED) is 0.233. The zero-order valence-electron chi connectivity index (χ0n) is 22.7. The molecule has 4 aromatic rings. The summed E-state index contributed by atoms with van der Waals surface area (Å²) in [7, 11) is -6.67. The van der Waals surface area contributed by atoms with Crippen LogP contribution in [0.4, 0.5) is 21.5 Å². The molecule has 0 atom stereocenters. The molecule has 1 amide bonds. The van der Waals surface area contributed by atoms with Gasteiger partial charge in [-0.05, 0) is 104 Å². The third kappa shape index (κ3) is 7.36. The summed E-state index contributed by atoms with van der Waals surface area (Å²) in [4.78, 5) is 12.9. The molecule has 4 aromatic carbocycles. The minimum atomic E-state index is -4.25. The number of sulfonamides is 2. The van der Waals surface area contributed by atoms with Gasteiger partial charge in [-0.1, -0.05) is 0 Å². The van der Waals surface area contributed by atoms with Gasteiger partial charge in [-0.25, -0.2) is 21.2 Å². The van der Waals surface area contributed by atoms with Gasteiger partial charge in [-0.2, -0.15) is 0 Å². The van der Waals surface area contributed by atoms with Crippen molar-refractivity contribution in [2.24, 2.45) is 0 Å². The standard InChI is InChI=1S/C29H28FN3O7S2/c1-3-40-26-14-18-28(19-15-26)42(37,38)33(24-10-4-21(30)5-11-24)20-29(34)31-22-8-16-27(17-9-22)41(35,36)32-23-6-12-25(39-2)13-7-23/h4-19,32H,3,20H2,1-2H3,(H,31,34). The normalized spacial score (nSPS) is 11.4. The average molecular weight is 614 g/mol. The highest BCUT2D eigenvalue weighted by molar-refractivity contribution is 7.93. The largest absolute Gasteiger partial charge is 0.497 e. The third-order valence-corrected chi connectivity index (χ3v) is 9.10. The van der Waals surface area contributed by atoms with E-state index in [9.17, 15) is 26.0 Å². The molecular weight excluding hydrogens is 585 g/mol. The summed E-state index contributed by atoms with van der Waals surface area (Å²) in [6.07, 6.45) is 0. The lowest BCUT2D eigenvalue weighted by Crippen LogP contribution is -2.38. The van der Waals surface area contributed by atoms with Gasteiger partial charge in [0.15, 0.2) is 0 Å². The van der Waals surface area contributed by atoms with Crippen molar-refractivity contribution in [2.75, 3.05) is 34.6 Å². The van der Waals surface area contributed by atoms with E-state index in [1.807, 2.05) is 0 Å². The molecular formula is C29H28FN3O7S2. The molecule has 0 bridgehead atoms. The number of hydrogen-bond donors (Lipinski definition) is 2. The summed E-state index contributed by atoms with van der Waals surface area (Å²) >= 11 is 0. The second kappa shape index (κ2) is 12.9. The average Bonchev–Trinajstić information content (AvgIpc) is 2.97. The number of benzene rings is 4. The number of halogens is 1. The number of amides is 1. The van der Waals surface area contributed by atoms with E-state index in [-0.39, 0.29) is 21.2 Å². The maximum Gasteiger partial charge on any atom is 0.264 e. The first kappa shape index (κ1) is 30.3. The first-order valence-corrected chi connectivity index (χ1v) is 15.5. The SMILES string of the molecule is CCOc1ccc(S(=O)(=O)N(CC(=O)Nc2ccc(S(=O)(=O)Nc3ccc(OC)cc3)cc2)c2ccc(F)cc2)cc1. The van der Waals surface area contributed by atoms with E-state index >= 15 is 0 Å². The van der Waals surface area contributed by atoms with Crippen LogP contribution in [0.3, 0.4) is 0 Å². The van der Waals surface area contributed by atoms with Crippen molar-refractivity contribution in [3.8, 4) is 11.5 Å². The van der Waals surface area contributed by atoms with Gasteiger partial charge in [0.2, 0.25) is 5.91 Å². The summed E-state index contributed by atoms with van der Waals surface area (Å²) in [5.41, 5.74) is 0.648. The number of hydrogen-bond acceptors (Lipinski definition) is 7. The minimum Gasteiger partial charge on any atom is -0.497 e. The molecule has 10 nitrogen and oxygen atoms in total. The number of nitrogens with zero attached hydrogens (tertiary/aromatic N) is 1. The molecule has 13 heteroatoms. The lowest BCUT2D eigenvalue weighted by Gasteiger charge is -2.24. The van der Waals surface area contributed by atoms with Crippen LogP contribution in [0.2, 0.25) is 0 Å². The highest BCUT2D eigenvalue weighted by Gasteiger charge is 2.27. The molecule has 0 fully saturated rings. The topological polar surface area (TPSA) is 131 Å². The second-order valence-electron chi connectivity index (χ2n) is 8.80. The summed E-state index contributed by atoms with van der Waals surface area (Å²) < 4.78 is 80.0. The van der Waals surface area contributed by atoms with Gasteiger partial charge in [0.05, 0.1) is 29.2 Å². The number of carbonyl (C=O) groups excluding carboxylic acids is 1. The van der Waals surface area contributed by atoms with Crippen LogP contribution in [0.5, 0.6) is 11.5 Å². The fourth-order valence-electron chi connectivity index (χ4n) is 3.85. The molecule has 0 saturated heterocycles. The van der Waals surface area contributed by atoms with Crippen LogP contribution in [0.25, 0.3) is 0 Å². The number of methoxy groups -OCH3 is 1. The Labute approximate surface area is 243 Å². The third-order valence-electron chi connectivity index (χ3n) is 5.92. The molecule has 220 valence electrons. The van der Waals surface area contributed by atoms with E-state index in [4.69, 9.17) is 9.47 Å². The highest BCUT2D eigenvalue weighted by Crippen LogP contribution is 2.26. The number of anilines is 3. The lowest BCUT2D eigenvalue weighted by molar-refractivity contribution is -0.114. The Morgan fingerprint density at radius 1 is 0.762 bits per heavy atom. The Morgan fingerprint density at radius 2 is 1.31 bits per heavy atom. The van der Waals surface area contributed by atoms with E-state index in [1.165, 1.54) is 67.8 Å². The molecule has 0 aromatic heterocycles. The molecule has 4 rings (SSSR count). The molecule has 0 saturated carbocycles. The van der Waals surface area contributed by atoms with Crippen LogP contribution in [-0.4, -0.2) is 43.0 Å². The van der Waals surface area contributed by atoms with E-state index in [0.717, 1.165) is 16.4 Å². The Kier molecular flexibility index (Phi) is 9.33. The molecule has 0 aliphatic heterocycles. The predicted molar refractivity (Wildman–Crippen MR) is 157 cm³/mol. The fourth-order valence-corrected chi connectivity index (χ4v) is 6.33. The number of nitrogens with one attached hydrogen (secondary N) is 2. The van der Waals surface area contributed by atoms with E-state index < -0.39 is 38.3 Å². The van der Waals surface area contributed by atoms with Gasteiger partial charge in [-0.3, -0.25) is 13.8 Å². The summed E-state index contributed by atoms with van der Waals surface area (Å²) in [5.74, 6) is -0.227. The van der Waals surface area contributed by atoms with Gasteiger partial charge in [-0.15, -0.1) is 0 Å². The summed E-state index contributed by atoms with van der Waals surface area (Å²) in [5, 5.41) is 2.58. The van der Waals surface area contributed by atoms with Crippen molar-refractivity contribution in [3.63, 3.8) is 0 Å². The Bertz CT molecular complexity index is 1730. The number of carbonyl (C=O) groups is 1. The molecule has 2 N–H and O–H groups in total. The van der Waals surface area contributed by atoms with E-state index in [0.29, 0.717) is 23.8 Å². The number of ether oxygens (including phenoxy) is 2. The second-order valence-corrected chi connectivity index (χ2v) is 12.3. The Hall–Kier alpha value is -4.62. The molecule has 0 spiro atoms. The number of rotatable bonds is 12.